The van der Waals surface area contributed by atoms with E-state index in [1.165, 1.54) is 6.20 Å². The molecule has 2 unspecified atom stereocenters. The highest BCUT2D eigenvalue weighted by Crippen LogP contribution is 2.25. The fourth-order valence-electron chi connectivity index (χ4n) is 2.36. The van der Waals surface area contributed by atoms with E-state index in [1.807, 2.05) is 4.90 Å². The predicted octanol–water partition coefficient (Wildman–Crippen LogP) is 1.79. The number of piperidine rings is 1. The molecular weight excluding hydrogens is 250 g/mol. The minimum Gasteiger partial charge on any atom is -0.338 e. The number of pyridine rings is 1. The summed E-state index contributed by atoms with van der Waals surface area (Å²) in [5, 5.41) is 0.408. The Morgan fingerprint density at radius 3 is 3.11 bits per heavy atom. The van der Waals surface area contributed by atoms with Crippen molar-refractivity contribution in [1.29, 1.82) is 0 Å². The van der Waals surface area contributed by atoms with Gasteiger partial charge in [-0.1, -0.05) is 18.5 Å². The number of halogens is 1. The smallest absolute Gasteiger partial charge is 0.255 e. The highest BCUT2D eigenvalue weighted by molar-refractivity contribution is 6.33. The van der Waals surface area contributed by atoms with Crippen LogP contribution in [0.5, 0.6) is 0 Å². The van der Waals surface area contributed by atoms with Gasteiger partial charge in [0.1, 0.15) is 0 Å². The van der Waals surface area contributed by atoms with Crippen molar-refractivity contribution in [2.75, 3.05) is 19.6 Å². The zero-order valence-corrected chi connectivity index (χ0v) is 11.2. The van der Waals surface area contributed by atoms with Gasteiger partial charge < -0.3 is 10.6 Å². The highest BCUT2D eigenvalue weighted by Gasteiger charge is 2.29. The van der Waals surface area contributed by atoms with E-state index in [-0.39, 0.29) is 5.91 Å². The van der Waals surface area contributed by atoms with E-state index in [1.54, 1.807) is 12.3 Å². The number of nitrogens with zero attached hydrogens (tertiary/aromatic N) is 2. The summed E-state index contributed by atoms with van der Waals surface area (Å²) in [6, 6.07) is 1.67. The highest BCUT2D eigenvalue weighted by atomic mass is 35.5. The summed E-state index contributed by atoms with van der Waals surface area (Å²) in [7, 11) is 0. The first-order valence-electron chi connectivity index (χ1n) is 6.22. The summed E-state index contributed by atoms with van der Waals surface area (Å²) in [6.07, 6.45) is 4.09. The van der Waals surface area contributed by atoms with E-state index < -0.39 is 0 Å². The molecule has 1 amide bonds. The molecule has 1 aliphatic heterocycles. The molecule has 0 bridgehead atoms. The maximum atomic E-state index is 12.4. The average molecular weight is 268 g/mol. The number of carbonyl (C=O) groups is 1. The number of nitrogens with two attached hydrogens (primary N) is 1. The molecule has 4 nitrogen and oxygen atoms in total. The number of likely N-dealkylation sites (tertiary alicyclic amines) is 1. The third kappa shape index (κ3) is 2.65. The molecular formula is C13H18ClN3O. The zero-order chi connectivity index (χ0) is 13.1. The fourth-order valence-corrected chi connectivity index (χ4v) is 2.56. The molecule has 18 heavy (non-hydrogen) atoms. The van der Waals surface area contributed by atoms with Crippen LogP contribution in [0, 0.1) is 11.8 Å². The van der Waals surface area contributed by atoms with Crippen molar-refractivity contribution in [2.24, 2.45) is 17.6 Å². The van der Waals surface area contributed by atoms with Gasteiger partial charge in [-0.3, -0.25) is 9.78 Å². The van der Waals surface area contributed by atoms with Crippen LogP contribution in [0.15, 0.2) is 18.5 Å². The Labute approximate surface area is 112 Å². The van der Waals surface area contributed by atoms with Gasteiger partial charge in [0.2, 0.25) is 0 Å². The predicted molar refractivity (Wildman–Crippen MR) is 71.5 cm³/mol. The Hall–Kier alpha value is -1.13. The Kier molecular flexibility index (Phi) is 4.19. The zero-order valence-electron chi connectivity index (χ0n) is 10.5. The van der Waals surface area contributed by atoms with Crippen LogP contribution in [0.4, 0.5) is 0 Å². The third-order valence-electron chi connectivity index (χ3n) is 3.71. The number of hydrogen-bond donors (Lipinski definition) is 1. The van der Waals surface area contributed by atoms with Crippen molar-refractivity contribution < 1.29 is 4.79 Å². The molecule has 0 saturated carbocycles. The van der Waals surface area contributed by atoms with Gasteiger partial charge in [0.05, 0.1) is 10.6 Å². The number of carbonyl (C=O) groups excluding carboxylic acids is 1. The Bertz CT molecular complexity index is 438. The lowest BCUT2D eigenvalue weighted by molar-refractivity contribution is 0.0618. The maximum absolute atomic E-state index is 12.4. The molecule has 1 aromatic rings. The molecule has 1 fully saturated rings. The Balaban J connectivity index is 2.13. The Morgan fingerprint density at radius 2 is 2.44 bits per heavy atom. The van der Waals surface area contributed by atoms with Gasteiger partial charge in [-0.25, -0.2) is 0 Å². The SMILES string of the molecule is CC1CCN(C(=O)c2ccncc2Cl)CC1CN. The topological polar surface area (TPSA) is 59.2 Å². The molecule has 0 aromatic carbocycles. The van der Waals surface area contributed by atoms with Crippen LogP contribution in [0.25, 0.3) is 0 Å². The van der Waals surface area contributed by atoms with Crippen molar-refractivity contribution in [2.45, 2.75) is 13.3 Å². The molecule has 1 aliphatic rings. The van der Waals surface area contributed by atoms with E-state index in [9.17, 15) is 4.79 Å². The lowest BCUT2D eigenvalue weighted by Crippen LogP contribution is -2.45. The van der Waals surface area contributed by atoms with Gasteiger partial charge in [0, 0.05) is 25.5 Å². The van der Waals surface area contributed by atoms with Gasteiger partial charge in [-0.05, 0) is 30.9 Å². The first kappa shape index (κ1) is 13.3. The normalized spacial score (nSPS) is 24.1. The van der Waals surface area contributed by atoms with Crippen LogP contribution >= 0.6 is 11.6 Å². The van der Waals surface area contributed by atoms with E-state index >= 15 is 0 Å². The lowest BCUT2D eigenvalue weighted by atomic mass is 9.87. The minimum atomic E-state index is -0.0206. The number of rotatable bonds is 2. The summed E-state index contributed by atoms with van der Waals surface area (Å²) in [4.78, 5) is 18.1. The summed E-state index contributed by atoms with van der Waals surface area (Å²) < 4.78 is 0. The first-order chi connectivity index (χ1) is 8.63. The molecule has 98 valence electrons. The van der Waals surface area contributed by atoms with Crippen LogP contribution in [0.1, 0.15) is 23.7 Å². The summed E-state index contributed by atoms with van der Waals surface area (Å²) in [5.74, 6) is 0.933. The molecule has 2 heterocycles. The fraction of sp³-hybridized carbons (Fsp3) is 0.538. The van der Waals surface area contributed by atoms with E-state index in [0.29, 0.717) is 29.0 Å². The van der Waals surface area contributed by atoms with Gasteiger partial charge >= 0.3 is 0 Å². The van der Waals surface area contributed by atoms with Gasteiger partial charge in [0.25, 0.3) is 5.91 Å². The molecule has 1 aromatic heterocycles. The molecule has 0 spiro atoms. The standard InChI is InChI=1S/C13H18ClN3O/c1-9-3-5-17(8-10(9)6-15)13(18)11-2-4-16-7-12(11)14/h2,4,7,9-10H,3,5-6,8,15H2,1H3. The number of hydrogen-bond acceptors (Lipinski definition) is 3. The van der Waals surface area contributed by atoms with Crippen molar-refractivity contribution in [3.8, 4) is 0 Å². The number of amides is 1. The minimum absolute atomic E-state index is 0.0206. The summed E-state index contributed by atoms with van der Waals surface area (Å²) in [5.41, 5.74) is 6.28. The third-order valence-corrected chi connectivity index (χ3v) is 4.01. The quantitative estimate of drug-likeness (QED) is 0.889. The summed E-state index contributed by atoms with van der Waals surface area (Å²) in [6.45, 7) is 4.30. The summed E-state index contributed by atoms with van der Waals surface area (Å²) >= 11 is 6.00. The van der Waals surface area contributed by atoms with E-state index in [4.69, 9.17) is 17.3 Å². The van der Waals surface area contributed by atoms with Gasteiger partial charge in [-0.2, -0.15) is 0 Å². The van der Waals surface area contributed by atoms with Crippen molar-refractivity contribution in [3.05, 3.63) is 29.0 Å². The van der Waals surface area contributed by atoms with Crippen LogP contribution in [-0.2, 0) is 0 Å². The molecule has 2 N–H and O–H groups in total. The van der Waals surface area contributed by atoms with E-state index in [2.05, 4.69) is 11.9 Å². The van der Waals surface area contributed by atoms with Gasteiger partial charge in [-0.15, -0.1) is 0 Å². The molecule has 0 radical (unpaired) electrons. The lowest BCUT2D eigenvalue weighted by Gasteiger charge is -2.36. The molecule has 1 saturated heterocycles. The second-order valence-corrected chi connectivity index (χ2v) is 5.28. The van der Waals surface area contributed by atoms with Crippen molar-refractivity contribution in [3.63, 3.8) is 0 Å². The molecule has 0 aliphatic carbocycles. The monoisotopic (exact) mass is 267 g/mol. The number of aromatic nitrogens is 1. The van der Waals surface area contributed by atoms with Crippen LogP contribution in [0.3, 0.4) is 0 Å². The first-order valence-corrected chi connectivity index (χ1v) is 6.60. The Morgan fingerprint density at radius 1 is 1.67 bits per heavy atom. The molecule has 2 atom stereocenters. The van der Waals surface area contributed by atoms with E-state index in [0.717, 1.165) is 19.5 Å². The second-order valence-electron chi connectivity index (χ2n) is 4.87. The van der Waals surface area contributed by atoms with Crippen molar-refractivity contribution in [1.82, 2.24) is 9.88 Å². The van der Waals surface area contributed by atoms with Crippen LogP contribution in [-0.4, -0.2) is 35.4 Å². The van der Waals surface area contributed by atoms with Crippen LogP contribution < -0.4 is 5.73 Å². The largest absolute Gasteiger partial charge is 0.338 e. The van der Waals surface area contributed by atoms with Crippen molar-refractivity contribution >= 4 is 17.5 Å². The van der Waals surface area contributed by atoms with Crippen LogP contribution in [0.2, 0.25) is 5.02 Å². The molecule has 2 rings (SSSR count). The molecule has 5 heteroatoms. The second kappa shape index (κ2) is 5.67. The average Bonchev–Trinajstić information content (AvgIpc) is 2.39. The maximum Gasteiger partial charge on any atom is 0.255 e. The van der Waals surface area contributed by atoms with Gasteiger partial charge in [0.15, 0.2) is 0 Å².